The van der Waals surface area contributed by atoms with E-state index in [1.54, 1.807) is 42.5 Å². The van der Waals surface area contributed by atoms with Gasteiger partial charge in [-0.1, -0.05) is 34.1 Å². The Morgan fingerprint density at radius 2 is 1.74 bits per heavy atom. The maximum Gasteiger partial charge on any atom is 0.416 e. The average molecular weight is 533 g/mol. The van der Waals surface area contributed by atoms with Gasteiger partial charge in [-0.2, -0.15) is 13.2 Å². The van der Waals surface area contributed by atoms with E-state index in [0.29, 0.717) is 23.3 Å². The first kappa shape index (κ1) is 23.2. The summed E-state index contributed by atoms with van der Waals surface area (Å²) in [5, 5.41) is 11.4. The maximum absolute atomic E-state index is 13.0. The molecule has 0 saturated carbocycles. The number of carbonyl (C=O) groups is 1. The lowest BCUT2D eigenvalue weighted by Crippen LogP contribution is -2.06. The standard InChI is InChI=1S/C23H12BrF3N2O5/c24-16-8-5-13(6-9-16)21-28-17(22(30)34-21)11-14-3-1-2-4-19(14)33-20-10-7-15(23(25,26)27)12-18(20)29(31)32/h1-12H/b17-11-. The number of carbonyl (C=O) groups excluding carboxylic acids is 1. The molecule has 0 aliphatic carbocycles. The number of esters is 1. The fourth-order valence-corrected chi connectivity index (χ4v) is 3.27. The second-order valence-electron chi connectivity index (χ2n) is 6.92. The molecule has 1 aliphatic rings. The number of hydrogen-bond donors (Lipinski definition) is 0. The van der Waals surface area contributed by atoms with Crippen molar-refractivity contribution in [1.29, 1.82) is 0 Å². The third kappa shape index (κ3) is 4.99. The van der Waals surface area contributed by atoms with Crippen LogP contribution in [0.5, 0.6) is 11.5 Å². The Bertz CT molecular complexity index is 1350. The van der Waals surface area contributed by atoms with E-state index < -0.39 is 34.1 Å². The van der Waals surface area contributed by atoms with E-state index in [9.17, 15) is 28.1 Å². The van der Waals surface area contributed by atoms with Gasteiger partial charge < -0.3 is 9.47 Å². The third-order valence-corrected chi connectivity index (χ3v) is 5.15. The molecule has 3 aromatic rings. The quantitative estimate of drug-likeness (QED) is 0.161. The molecule has 1 aliphatic heterocycles. The molecule has 0 N–H and O–H groups in total. The summed E-state index contributed by atoms with van der Waals surface area (Å²) in [6.45, 7) is 0. The average Bonchev–Trinajstić information content (AvgIpc) is 3.15. The number of rotatable bonds is 5. The zero-order valence-electron chi connectivity index (χ0n) is 16.9. The molecule has 3 aromatic carbocycles. The molecule has 0 radical (unpaired) electrons. The highest BCUT2D eigenvalue weighted by Crippen LogP contribution is 2.39. The zero-order valence-corrected chi connectivity index (χ0v) is 18.5. The fourth-order valence-electron chi connectivity index (χ4n) is 3.01. The Morgan fingerprint density at radius 1 is 1.03 bits per heavy atom. The van der Waals surface area contributed by atoms with Gasteiger partial charge >= 0.3 is 17.8 Å². The predicted octanol–water partition coefficient (Wildman–Crippen LogP) is 6.51. The van der Waals surface area contributed by atoms with Gasteiger partial charge in [0.2, 0.25) is 11.6 Å². The highest BCUT2D eigenvalue weighted by atomic mass is 79.9. The Kier molecular flexibility index (Phi) is 6.20. The Balaban J connectivity index is 1.68. The number of nitrogens with zero attached hydrogens (tertiary/aromatic N) is 2. The van der Waals surface area contributed by atoms with Gasteiger partial charge in [-0.15, -0.1) is 0 Å². The molecule has 4 rings (SSSR count). The summed E-state index contributed by atoms with van der Waals surface area (Å²) in [6.07, 6.45) is -3.39. The molecule has 0 aromatic heterocycles. The van der Waals surface area contributed by atoms with Crippen LogP contribution in [-0.2, 0) is 15.7 Å². The number of hydrogen-bond acceptors (Lipinski definition) is 6. The lowest BCUT2D eigenvalue weighted by Gasteiger charge is -2.11. The van der Waals surface area contributed by atoms with Crippen molar-refractivity contribution in [3.8, 4) is 11.5 Å². The van der Waals surface area contributed by atoms with Crippen molar-refractivity contribution in [1.82, 2.24) is 0 Å². The molecule has 0 bridgehead atoms. The van der Waals surface area contributed by atoms with E-state index >= 15 is 0 Å². The Labute approximate surface area is 198 Å². The van der Waals surface area contributed by atoms with Crippen LogP contribution >= 0.6 is 15.9 Å². The number of cyclic esters (lactones) is 1. The van der Waals surface area contributed by atoms with Crippen molar-refractivity contribution in [2.45, 2.75) is 6.18 Å². The minimum Gasteiger partial charge on any atom is -0.449 e. The molecule has 0 spiro atoms. The second kappa shape index (κ2) is 9.10. The highest BCUT2D eigenvalue weighted by Gasteiger charge is 2.33. The lowest BCUT2D eigenvalue weighted by atomic mass is 10.1. The number of benzene rings is 3. The molecule has 0 fully saturated rings. The fraction of sp³-hybridized carbons (Fsp3) is 0.0435. The number of nitro benzene ring substituents is 1. The van der Waals surface area contributed by atoms with Gasteiger partial charge in [0, 0.05) is 21.7 Å². The Morgan fingerprint density at radius 3 is 2.41 bits per heavy atom. The van der Waals surface area contributed by atoms with Gasteiger partial charge in [0.1, 0.15) is 5.75 Å². The molecule has 34 heavy (non-hydrogen) atoms. The van der Waals surface area contributed by atoms with Crippen LogP contribution in [0.15, 0.2) is 81.9 Å². The smallest absolute Gasteiger partial charge is 0.416 e. The van der Waals surface area contributed by atoms with Gasteiger partial charge in [0.05, 0.1) is 10.5 Å². The van der Waals surface area contributed by atoms with Crippen LogP contribution in [0.25, 0.3) is 6.08 Å². The van der Waals surface area contributed by atoms with E-state index in [1.807, 2.05) is 0 Å². The van der Waals surface area contributed by atoms with E-state index in [2.05, 4.69) is 20.9 Å². The third-order valence-electron chi connectivity index (χ3n) is 4.63. The van der Waals surface area contributed by atoms with Crippen molar-refractivity contribution in [2.75, 3.05) is 0 Å². The molecule has 0 unspecified atom stereocenters. The number of halogens is 4. The van der Waals surface area contributed by atoms with E-state index in [1.165, 1.54) is 12.1 Å². The van der Waals surface area contributed by atoms with E-state index in [-0.39, 0.29) is 17.3 Å². The monoisotopic (exact) mass is 532 g/mol. The molecule has 172 valence electrons. The lowest BCUT2D eigenvalue weighted by molar-refractivity contribution is -0.385. The van der Waals surface area contributed by atoms with Crippen LogP contribution in [-0.4, -0.2) is 16.8 Å². The molecule has 0 atom stereocenters. The number of aliphatic imine (C=N–C) groups is 1. The first-order valence-electron chi connectivity index (χ1n) is 9.53. The normalized spacial score (nSPS) is 14.6. The summed E-state index contributed by atoms with van der Waals surface area (Å²) in [5.74, 6) is -0.941. The maximum atomic E-state index is 13.0. The topological polar surface area (TPSA) is 91.0 Å². The van der Waals surface area contributed by atoms with E-state index in [4.69, 9.17) is 9.47 Å². The second-order valence-corrected chi connectivity index (χ2v) is 7.84. The molecular weight excluding hydrogens is 521 g/mol. The van der Waals surface area contributed by atoms with Crippen LogP contribution in [0.1, 0.15) is 16.7 Å². The van der Waals surface area contributed by atoms with Crippen molar-refractivity contribution in [3.63, 3.8) is 0 Å². The summed E-state index contributed by atoms with van der Waals surface area (Å²) in [5.41, 5.74) is -1.19. The number of ether oxygens (including phenoxy) is 2. The van der Waals surface area contributed by atoms with Crippen LogP contribution in [0.4, 0.5) is 18.9 Å². The Hall–Kier alpha value is -3.99. The van der Waals surface area contributed by atoms with Crippen LogP contribution < -0.4 is 4.74 Å². The van der Waals surface area contributed by atoms with Crippen molar-refractivity contribution < 1.29 is 32.4 Å². The SMILES string of the molecule is O=C1OC(c2ccc(Br)cc2)=N/C1=C\c1ccccc1Oc1ccc(C(F)(F)F)cc1[N+](=O)[O-]. The minimum atomic E-state index is -4.75. The summed E-state index contributed by atoms with van der Waals surface area (Å²) in [4.78, 5) is 26.9. The van der Waals surface area contributed by atoms with Gasteiger partial charge in [-0.3, -0.25) is 10.1 Å². The van der Waals surface area contributed by atoms with Crippen molar-refractivity contribution >= 4 is 39.6 Å². The summed E-state index contributed by atoms with van der Waals surface area (Å²) < 4.78 is 50.5. The number of alkyl halides is 3. The highest BCUT2D eigenvalue weighted by molar-refractivity contribution is 9.10. The first-order chi connectivity index (χ1) is 16.1. The number of para-hydroxylation sites is 1. The van der Waals surface area contributed by atoms with Gasteiger partial charge in [-0.05, 0) is 48.5 Å². The van der Waals surface area contributed by atoms with Gasteiger partial charge in [-0.25, -0.2) is 9.79 Å². The first-order valence-corrected chi connectivity index (χ1v) is 10.3. The van der Waals surface area contributed by atoms with Crippen LogP contribution in [0.2, 0.25) is 0 Å². The van der Waals surface area contributed by atoms with Crippen LogP contribution in [0, 0.1) is 10.1 Å². The molecule has 0 saturated heterocycles. The van der Waals surface area contributed by atoms with Crippen LogP contribution in [0.3, 0.4) is 0 Å². The summed E-state index contributed by atoms with van der Waals surface area (Å²) >= 11 is 3.31. The van der Waals surface area contributed by atoms with Gasteiger partial charge in [0.15, 0.2) is 5.70 Å². The molecule has 0 amide bonds. The molecule has 1 heterocycles. The minimum absolute atomic E-state index is 0.0455. The largest absolute Gasteiger partial charge is 0.449 e. The van der Waals surface area contributed by atoms with E-state index in [0.717, 1.165) is 10.5 Å². The molecule has 7 nitrogen and oxygen atoms in total. The summed E-state index contributed by atoms with van der Waals surface area (Å²) in [6, 6.07) is 15.1. The number of nitro groups is 1. The van der Waals surface area contributed by atoms with Crippen molar-refractivity contribution in [3.05, 3.63) is 104 Å². The zero-order chi connectivity index (χ0) is 24.5. The van der Waals surface area contributed by atoms with Crippen molar-refractivity contribution in [2.24, 2.45) is 4.99 Å². The predicted molar refractivity (Wildman–Crippen MR) is 119 cm³/mol. The molecule has 11 heteroatoms. The molecular formula is C23H12BrF3N2O5. The van der Waals surface area contributed by atoms with Gasteiger partial charge in [0.25, 0.3) is 0 Å². The summed E-state index contributed by atoms with van der Waals surface area (Å²) in [7, 11) is 0.